The normalized spacial score (nSPS) is 30.9. The lowest BCUT2D eigenvalue weighted by atomic mass is 9.99. The maximum atomic E-state index is 5.88. The lowest BCUT2D eigenvalue weighted by Crippen LogP contribution is -2.44. The van der Waals surface area contributed by atoms with E-state index in [0.29, 0.717) is 17.9 Å². The molecule has 0 aliphatic carbocycles. The molecule has 2 nitrogen and oxygen atoms in total. The third-order valence-corrected chi connectivity index (χ3v) is 2.82. The number of ether oxygens (including phenoxy) is 2. The van der Waals surface area contributed by atoms with Gasteiger partial charge in [0.2, 0.25) is 0 Å². The molecule has 0 N–H and O–H groups in total. The van der Waals surface area contributed by atoms with Gasteiger partial charge in [-0.25, -0.2) is 0 Å². The zero-order chi connectivity index (χ0) is 11.3. The summed E-state index contributed by atoms with van der Waals surface area (Å²) in [4.78, 5) is 0. The predicted molar refractivity (Wildman–Crippen MR) is 63.2 cm³/mol. The van der Waals surface area contributed by atoms with Gasteiger partial charge in [0.25, 0.3) is 0 Å². The van der Waals surface area contributed by atoms with Gasteiger partial charge in [-0.1, -0.05) is 19.1 Å². The Labute approximate surface area is 97.6 Å². The average Bonchev–Trinajstić information content (AvgIpc) is 2.18. The average molecular weight is 233 g/mol. The molecule has 0 amide bonds. The molecule has 1 aliphatic heterocycles. The molecule has 88 valence electrons. The monoisotopic (exact) mass is 232 g/mol. The number of allylic oxidation sites excluding steroid dienone is 2. The van der Waals surface area contributed by atoms with Crippen LogP contribution in [0.4, 0.5) is 0 Å². The lowest BCUT2D eigenvalue weighted by molar-refractivity contribution is -0.291. The number of hydrogen-bond acceptors (Lipinski definition) is 2. The summed E-state index contributed by atoms with van der Waals surface area (Å²) >= 11 is 5.56. The smallest absolute Gasteiger partial charge is 0.163 e. The van der Waals surface area contributed by atoms with E-state index in [1.165, 1.54) is 0 Å². The lowest BCUT2D eigenvalue weighted by Gasteiger charge is -2.39. The first-order valence-electron chi connectivity index (χ1n) is 5.58. The quantitative estimate of drug-likeness (QED) is 0.547. The van der Waals surface area contributed by atoms with E-state index in [2.05, 4.69) is 13.0 Å². The molecule has 1 fully saturated rings. The van der Waals surface area contributed by atoms with Crippen molar-refractivity contribution in [3.8, 4) is 0 Å². The van der Waals surface area contributed by atoms with Crippen molar-refractivity contribution in [1.82, 2.24) is 0 Å². The highest BCUT2D eigenvalue weighted by molar-refractivity contribution is 6.18. The minimum absolute atomic E-state index is 0.300. The van der Waals surface area contributed by atoms with Crippen LogP contribution in [0.3, 0.4) is 0 Å². The van der Waals surface area contributed by atoms with Crippen molar-refractivity contribution in [3.63, 3.8) is 0 Å². The Morgan fingerprint density at radius 3 is 2.80 bits per heavy atom. The van der Waals surface area contributed by atoms with Gasteiger partial charge in [0.1, 0.15) is 0 Å². The van der Waals surface area contributed by atoms with Crippen LogP contribution in [-0.2, 0) is 9.47 Å². The zero-order valence-corrected chi connectivity index (χ0v) is 10.6. The van der Waals surface area contributed by atoms with E-state index in [1.807, 2.05) is 19.9 Å². The molecule has 0 bridgehead atoms. The Morgan fingerprint density at radius 2 is 2.13 bits per heavy atom. The number of alkyl halides is 1. The van der Waals surface area contributed by atoms with Crippen LogP contribution in [0.2, 0.25) is 0 Å². The van der Waals surface area contributed by atoms with Crippen LogP contribution < -0.4 is 0 Å². The summed E-state index contributed by atoms with van der Waals surface area (Å²) < 4.78 is 11.5. The van der Waals surface area contributed by atoms with Crippen LogP contribution in [0.5, 0.6) is 0 Å². The van der Waals surface area contributed by atoms with Crippen molar-refractivity contribution in [3.05, 3.63) is 12.2 Å². The summed E-state index contributed by atoms with van der Waals surface area (Å²) in [7, 11) is 0. The van der Waals surface area contributed by atoms with Crippen molar-refractivity contribution in [1.29, 1.82) is 0 Å². The first kappa shape index (κ1) is 13.0. The van der Waals surface area contributed by atoms with Crippen molar-refractivity contribution >= 4 is 11.6 Å². The Balaban J connectivity index is 2.35. The topological polar surface area (TPSA) is 18.5 Å². The predicted octanol–water partition coefficient (Wildman–Crippen LogP) is 3.35. The van der Waals surface area contributed by atoms with Gasteiger partial charge in [0.05, 0.1) is 12.7 Å². The van der Waals surface area contributed by atoms with Crippen molar-refractivity contribution in [2.45, 2.75) is 45.5 Å². The third kappa shape index (κ3) is 4.54. The third-order valence-electron chi connectivity index (χ3n) is 2.64. The number of hydrogen-bond donors (Lipinski definition) is 0. The van der Waals surface area contributed by atoms with Crippen LogP contribution in [0.15, 0.2) is 12.2 Å². The van der Waals surface area contributed by atoms with Crippen LogP contribution in [0, 0.1) is 5.92 Å². The van der Waals surface area contributed by atoms with Crippen LogP contribution in [0.1, 0.15) is 33.6 Å². The van der Waals surface area contributed by atoms with E-state index >= 15 is 0 Å². The SMILES string of the molecule is C[C@H]1COC(C)(C)O[C@@H]1CC/C=C/CCl. The highest BCUT2D eigenvalue weighted by atomic mass is 35.5. The largest absolute Gasteiger partial charge is 0.350 e. The Morgan fingerprint density at radius 1 is 1.40 bits per heavy atom. The van der Waals surface area contributed by atoms with Gasteiger partial charge < -0.3 is 9.47 Å². The molecule has 0 spiro atoms. The Bertz CT molecular complexity index is 214. The minimum Gasteiger partial charge on any atom is -0.350 e. The summed E-state index contributed by atoms with van der Waals surface area (Å²) in [5, 5.41) is 0. The highest BCUT2D eigenvalue weighted by Crippen LogP contribution is 2.28. The summed E-state index contributed by atoms with van der Waals surface area (Å²) in [5.41, 5.74) is 0. The van der Waals surface area contributed by atoms with E-state index in [9.17, 15) is 0 Å². The zero-order valence-electron chi connectivity index (χ0n) is 9.83. The van der Waals surface area contributed by atoms with Crippen molar-refractivity contribution in [2.24, 2.45) is 5.92 Å². The summed E-state index contributed by atoms with van der Waals surface area (Å²) in [6.45, 7) is 6.91. The Hall–Kier alpha value is -0.0500. The first-order chi connectivity index (χ1) is 7.05. The van der Waals surface area contributed by atoms with Crippen molar-refractivity contribution < 1.29 is 9.47 Å². The second-order valence-corrected chi connectivity index (χ2v) is 4.86. The van der Waals surface area contributed by atoms with Gasteiger partial charge >= 0.3 is 0 Å². The summed E-state index contributed by atoms with van der Waals surface area (Å²) in [6, 6.07) is 0. The van der Waals surface area contributed by atoms with Gasteiger partial charge in [-0.3, -0.25) is 0 Å². The maximum absolute atomic E-state index is 5.88. The van der Waals surface area contributed by atoms with Crippen LogP contribution in [-0.4, -0.2) is 24.4 Å². The fraction of sp³-hybridized carbons (Fsp3) is 0.833. The van der Waals surface area contributed by atoms with Crippen molar-refractivity contribution in [2.75, 3.05) is 12.5 Å². The van der Waals surface area contributed by atoms with Gasteiger partial charge in [0, 0.05) is 11.8 Å². The molecule has 0 aromatic rings. The molecule has 1 aliphatic rings. The summed E-state index contributed by atoms with van der Waals surface area (Å²) in [5.74, 6) is 0.644. The molecule has 1 rings (SSSR count). The van der Waals surface area contributed by atoms with Gasteiger partial charge in [0.15, 0.2) is 5.79 Å². The molecular weight excluding hydrogens is 212 g/mol. The molecule has 3 heteroatoms. The maximum Gasteiger partial charge on any atom is 0.163 e. The van der Waals surface area contributed by atoms with Crippen LogP contribution >= 0.6 is 11.6 Å². The van der Waals surface area contributed by atoms with Gasteiger partial charge in [-0.2, -0.15) is 0 Å². The standard InChI is InChI=1S/C12H21ClO2/c1-10-9-14-12(2,3)15-11(10)7-5-4-6-8-13/h4,6,10-11H,5,7-9H2,1-3H3/b6-4+/t10-,11+/m0/s1. The molecular formula is C12H21ClO2. The van der Waals surface area contributed by atoms with E-state index < -0.39 is 5.79 Å². The van der Waals surface area contributed by atoms with E-state index in [-0.39, 0.29) is 0 Å². The van der Waals surface area contributed by atoms with E-state index in [1.54, 1.807) is 0 Å². The second kappa shape index (κ2) is 5.88. The molecule has 1 heterocycles. The Kier molecular flexibility index (Phi) is 5.10. The highest BCUT2D eigenvalue weighted by Gasteiger charge is 2.33. The van der Waals surface area contributed by atoms with Crippen LogP contribution in [0.25, 0.3) is 0 Å². The number of rotatable bonds is 4. The first-order valence-corrected chi connectivity index (χ1v) is 6.11. The van der Waals surface area contributed by atoms with E-state index in [4.69, 9.17) is 21.1 Å². The fourth-order valence-electron chi connectivity index (χ4n) is 1.74. The van der Waals surface area contributed by atoms with E-state index in [0.717, 1.165) is 19.4 Å². The molecule has 0 saturated carbocycles. The van der Waals surface area contributed by atoms with Gasteiger partial charge in [-0.05, 0) is 26.7 Å². The fourth-order valence-corrected chi connectivity index (χ4v) is 1.86. The second-order valence-electron chi connectivity index (χ2n) is 4.55. The summed E-state index contributed by atoms with van der Waals surface area (Å²) in [6.07, 6.45) is 6.47. The molecule has 1 saturated heterocycles. The molecule has 2 atom stereocenters. The number of halogens is 1. The molecule has 0 aromatic heterocycles. The minimum atomic E-state index is -0.423. The molecule has 0 unspecified atom stereocenters. The molecule has 0 aromatic carbocycles. The molecule has 15 heavy (non-hydrogen) atoms. The molecule has 0 radical (unpaired) electrons. The van der Waals surface area contributed by atoms with Gasteiger partial charge in [-0.15, -0.1) is 11.6 Å².